The van der Waals surface area contributed by atoms with E-state index in [1.165, 1.54) is 12.1 Å². The van der Waals surface area contributed by atoms with Gasteiger partial charge in [-0.2, -0.15) is 0 Å². The largest absolute Gasteiger partial charge is 0.352 e. The van der Waals surface area contributed by atoms with Crippen LogP contribution >= 0.6 is 24.0 Å². The number of amides is 1. The van der Waals surface area contributed by atoms with Gasteiger partial charge in [-0.3, -0.25) is 4.79 Å². The molecule has 0 spiro atoms. The third-order valence-electron chi connectivity index (χ3n) is 3.12. The van der Waals surface area contributed by atoms with Crippen molar-refractivity contribution in [2.45, 2.75) is 19.4 Å². The number of piperidine rings is 1. The quantitative estimate of drug-likeness (QED) is 0.901. The van der Waals surface area contributed by atoms with Crippen LogP contribution in [0.4, 0.5) is 4.39 Å². The summed E-state index contributed by atoms with van der Waals surface area (Å²) in [6, 6.07) is 4.48. The number of benzene rings is 1. The van der Waals surface area contributed by atoms with Gasteiger partial charge in [0.2, 0.25) is 5.91 Å². The second-order valence-electron chi connectivity index (χ2n) is 4.51. The minimum absolute atomic E-state index is 0. The first-order valence-electron chi connectivity index (χ1n) is 6.09. The Morgan fingerprint density at radius 2 is 2.32 bits per heavy atom. The fourth-order valence-electron chi connectivity index (χ4n) is 2.06. The van der Waals surface area contributed by atoms with E-state index in [4.69, 9.17) is 11.6 Å². The molecule has 1 unspecified atom stereocenters. The first-order valence-corrected chi connectivity index (χ1v) is 6.47. The fraction of sp³-hybridized carbons (Fsp3) is 0.462. The van der Waals surface area contributed by atoms with Crippen molar-refractivity contribution in [3.05, 3.63) is 34.6 Å². The second-order valence-corrected chi connectivity index (χ2v) is 4.92. The molecule has 3 nitrogen and oxygen atoms in total. The smallest absolute Gasteiger partial charge is 0.224 e. The molecule has 1 amide bonds. The SMILES string of the molecule is Cl.O=C(NCc1ccc(F)c(Cl)c1)C1CCCNC1. The number of halogens is 3. The molecule has 0 aromatic heterocycles. The van der Waals surface area contributed by atoms with Crippen molar-refractivity contribution in [1.82, 2.24) is 10.6 Å². The van der Waals surface area contributed by atoms with Gasteiger partial charge in [0.25, 0.3) is 0 Å². The summed E-state index contributed by atoms with van der Waals surface area (Å²) in [5.74, 6) is -0.361. The van der Waals surface area contributed by atoms with E-state index in [1.54, 1.807) is 6.07 Å². The Balaban J connectivity index is 0.00000180. The lowest BCUT2D eigenvalue weighted by molar-refractivity contribution is -0.125. The molecule has 1 aliphatic rings. The molecule has 2 rings (SSSR count). The van der Waals surface area contributed by atoms with Gasteiger partial charge in [-0.1, -0.05) is 17.7 Å². The van der Waals surface area contributed by atoms with Gasteiger partial charge in [0.1, 0.15) is 5.82 Å². The molecule has 106 valence electrons. The average Bonchev–Trinajstić information content (AvgIpc) is 2.41. The van der Waals surface area contributed by atoms with Crippen LogP contribution in [0.5, 0.6) is 0 Å². The third-order valence-corrected chi connectivity index (χ3v) is 3.41. The maximum Gasteiger partial charge on any atom is 0.224 e. The molecule has 2 N–H and O–H groups in total. The van der Waals surface area contributed by atoms with Crippen molar-refractivity contribution in [2.24, 2.45) is 5.92 Å². The molecular weight excluding hydrogens is 290 g/mol. The van der Waals surface area contributed by atoms with Crippen molar-refractivity contribution in [1.29, 1.82) is 0 Å². The van der Waals surface area contributed by atoms with Crippen LogP contribution in [-0.4, -0.2) is 19.0 Å². The summed E-state index contributed by atoms with van der Waals surface area (Å²) < 4.78 is 13.0. The first kappa shape index (κ1) is 16.2. The Morgan fingerprint density at radius 3 is 2.95 bits per heavy atom. The molecule has 0 radical (unpaired) electrons. The van der Waals surface area contributed by atoms with E-state index in [-0.39, 0.29) is 29.3 Å². The number of rotatable bonds is 3. The van der Waals surface area contributed by atoms with E-state index in [1.807, 2.05) is 0 Å². The maximum atomic E-state index is 13.0. The van der Waals surface area contributed by atoms with E-state index < -0.39 is 5.82 Å². The van der Waals surface area contributed by atoms with Gasteiger partial charge in [-0.25, -0.2) is 4.39 Å². The topological polar surface area (TPSA) is 41.1 Å². The second kappa shape index (κ2) is 7.68. The van der Waals surface area contributed by atoms with Gasteiger partial charge in [-0.05, 0) is 37.1 Å². The van der Waals surface area contributed by atoms with Gasteiger partial charge < -0.3 is 10.6 Å². The van der Waals surface area contributed by atoms with Gasteiger partial charge in [0.05, 0.1) is 10.9 Å². The zero-order valence-corrected chi connectivity index (χ0v) is 12.0. The van der Waals surface area contributed by atoms with Crippen molar-refractivity contribution >= 4 is 29.9 Å². The van der Waals surface area contributed by atoms with Crippen molar-refractivity contribution < 1.29 is 9.18 Å². The summed E-state index contributed by atoms with van der Waals surface area (Å²) in [5.41, 5.74) is 0.804. The van der Waals surface area contributed by atoms with Crippen molar-refractivity contribution in [3.8, 4) is 0 Å². The zero-order chi connectivity index (χ0) is 13.0. The Kier molecular flexibility index (Phi) is 6.55. The summed E-state index contributed by atoms with van der Waals surface area (Å²) in [7, 11) is 0. The molecule has 0 aliphatic carbocycles. The summed E-state index contributed by atoms with van der Waals surface area (Å²) in [5, 5.41) is 6.14. The molecule has 19 heavy (non-hydrogen) atoms. The number of hydrogen-bond donors (Lipinski definition) is 2. The van der Waals surface area contributed by atoms with Gasteiger partial charge in [0.15, 0.2) is 0 Å². The molecule has 1 fully saturated rings. The number of carbonyl (C=O) groups excluding carboxylic acids is 1. The standard InChI is InChI=1S/C13H16ClFN2O.ClH/c14-11-6-9(3-4-12(11)15)7-17-13(18)10-2-1-5-16-8-10;/h3-4,6,10,16H,1-2,5,7-8H2,(H,17,18);1H. The lowest BCUT2D eigenvalue weighted by Crippen LogP contribution is -2.40. The van der Waals surface area contributed by atoms with Crippen molar-refractivity contribution in [3.63, 3.8) is 0 Å². The molecule has 1 aromatic rings. The highest BCUT2D eigenvalue weighted by Gasteiger charge is 2.20. The molecule has 1 saturated heterocycles. The summed E-state index contributed by atoms with van der Waals surface area (Å²) >= 11 is 5.68. The van der Waals surface area contributed by atoms with E-state index in [9.17, 15) is 9.18 Å². The highest BCUT2D eigenvalue weighted by molar-refractivity contribution is 6.30. The Bertz CT molecular complexity index is 437. The van der Waals surface area contributed by atoms with Crippen LogP contribution < -0.4 is 10.6 Å². The van der Waals surface area contributed by atoms with E-state index in [0.29, 0.717) is 6.54 Å². The Labute approximate surface area is 123 Å². The predicted molar refractivity (Wildman–Crippen MR) is 76.1 cm³/mol. The number of carbonyl (C=O) groups is 1. The lowest BCUT2D eigenvalue weighted by atomic mass is 9.99. The first-order chi connectivity index (χ1) is 8.66. The van der Waals surface area contributed by atoms with Crippen LogP contribution in [-0.2, 0) is 11.3 Å². The van der Waals surface area contributed by atoms with Crippen LogP contribution in [0.2, 0.25) is 5.02 Å². The predicted octanol–water partition coefficient (Wildman–Crippen LogP) is 2.52. The molecule has 0 saturated carbocycles. The van der Waals surface area contributed by atoms with Gasteiger partial charge in [-0.15, -0.1) is 12.4 Å². The van der Waals surface area contributed by atoms with Crippen LogP contribution in [0.3, 0.4) is 0 Å². The normalized spacial score (nSPS) is 18.5. The maximum absolute atomic E-state index is 13.0. The lowest BCUT2D eigenvalue weighted by Gasteiger charge is -2.21. The highest BCUT2D eigenvalue weighted by atomic mass is 35.5. The van der Waals surface area contributed by atoms with Crippen LogP contribution in [0, 0.1) is 11.7 Å². The van der Waals surface area contributed by atoms with Crippen LogP contribution in [0.1, 0.15) is 18.4 Å². The number of nitrogens with one attached hydrogen (secondary N) is 2. The highest BCUT2D eigenvalue weighted by Crippen LogP contribution is 2.16. The fourth-order valence-corrected chi connectivity index (χ4v) is 2.26. The third kappa shape index (κ3) is 4.64. The van der Waals surface area contributed by atoms with Gasteiger partial charge >= 0.3 is 0 Å². The molecule has 1 heterocycles. The van der Waals surface area contributed by atoms with Crippen LogP contribution in [0.15, 0.2) is 18.2 Å². The van der Waals surface area contributed by atoms with E-state index in [2.05, 4.69) is 10.6 Å². The minimum atomic E-state index is -0.441. The number of hydrogen-bond acceptors (Lipinski definition) is 2. The molecule has 6 heteroatoms. The molecule has 0 bridgehead atoms. The molecule has 1 aromatic carbocycles. The van der Waals surface area contributed by atoms with Crippen molar-refractivity contribution in [2.75, 3.05) is 13.1 Å². The molecular formula is C13H17Cl2FN2O. The molecule has 1 atom stereocenters. The van der Waals surface area contributed by atoms with Crippen LogP contribution in [0.25, 0.3) is 0 Å². The average molecular weight is 307 g/mol. The monoisotopic (exact) mass is 306 g/mol. The Morgan fingerprint density at radius 1 is 1.53 bits per heavy atom. The summed E-state index contributed by atoms with van der Waals surface area (Å²) in [6.07, 6.45) is 1.95. The van der Waals surface area contributed by atoms with E-state index in [0.717, 1.165) is 31.5 Å². The summed E-state index contributed by atoms with van der Waals surface area (Å²) in [6.45, 7) is 2.10. The zero-order valence-electron chi connectivity index (χ0n) is 10.4. The minimum Gasteiger partial charge on any atom is -0.352 e. The Hall–Kier alpha value is -0.840. The van der Waals surface area contributed by atoms with Gasteiger partial charge in [0, 0.05) is 13.1 Å². The molecule has 1 aliphatic heterocycles. The van der Waals surface area contributed by atoms with E-state index >= 15 is 0 Å². The summed E-state index contributed by atoms with van der Waals surface area (Å²) in [4.78, 5) is 11.9.